The predicted molar refractivity (Wildman–Crippen MR) is 147 cm³/mol. The predicted octanol–water partition coefficient (Wildman–Crippen LogP) is 6.27. The van der Waals surface area contributed by atoms with Gasteiger partial charge in [-0.3, -0.25) is 9.59 Å². The first-order valence-corrected chi connectivity index (χ1v) is 13.6. The van der Waals surface area contributed by atoms with Crippen LogP contribution in [0.2, 0.25) is 0 Å². The molecule has 1 aliphatic heterocycles. The zero-order valence-electron chi connectivity index (χ0n) is 22.4. The van der Waals surface area contributed by atoms with E-state index in [0.717, 1.165) is 69.3 Å². The fraction of sp³-hybridized carbons (Fsp3) is 0.484. The first-order chi connectivity index (χ1) is 17.4. The molecule has 1 atom stereocenters. The summed E-state index contributed by atoms with van der Waals surface area (Å²) in [5.74, 6) is -1.23. The van der Waals surface area contributed by atoms with Crippen LogP contribution in [0.5, 0.6) is 0 Å². The molecule has 1 N–H and O–H groups in total. The van der Waals surface area contributed by atoms with Gasteiger partial charge in [-0.05, 0) is 63.4 Å². The molecule has 1 unspecified atom stereocenters. The number of Topliss-reactive ketones (excluding diaryl/α,β-unsaturated/α-hetero) is 1. The van der Waals surface area contributed by atoms with Crippen LogP contribution in [-0.2, 0) is 16.0 Å². The van der Waals surface area contributed by atoms with E-state index in [2.05, 4.69) is 25.7 Å². The molecule has 1 amide bonds. The molecular weight excluding hydrogens is 448 g/mol. The molecule has 1 aliphatic rings. The lowest BCUT2D eigenvalue weighted by atomic mass is 9.94. The van der Waals surface area contributed by atoms with Gasteiger partial charge in [0.2, 0.25) is 0 Å². The Bertz CT molecular complexity index is 1030. The highest BCUT2D eigenvalue weighted by Crippen LogP contribution is 2.39. The Morgan fingerprint density at radius 1 is 0.861 bits per heavy atom. The number of carbonyl (C=O) groups excluding carboxylic acids is 2. The third kappa shape index (κ3) is 6.64. The van der Waals surface area contributed by atoms with Gasteiger partial charge in [0.1, 0.15) is 5.76 Å². The summed E-state index contributed by atoms with van der Waals surface area (Å²) in [5.41, 5.74) is 3.85. The van der Waals surface area contributed by atoms with Gasteiger partial charge in [-0.15, -0.1) is 0 Å². The second kappa shape index (κ2) is 13.4. The molecule has 3 rings (SSSR count). The van der Waals surface area contributed by atoms with Crippen molar-refractivity contribution in [3.63, 3.8) is 0 Å². The number of hydrogen-bond acceptors (Lipinski definition) is 4. The fourth-order valence-electron chi connectivity index (χ4n) is 4.82. The minimum Gasteiger partial charge on any atom is -0.507 e. The van der Waals surface area contributed by atoms with Crippen molar-refractivity contribution in [3.05, 3.63) is 76.4 Å². The maximum absolute atomic E-state index is 13.3. The SMILES string of the molecule is CCCCN(CCCC)CCCN1C(=O)C(=O)C(=C(O)c2ccc(C)cc2)C1c1ccc(CC)cc1. The number of rotatable bonds is 13. The Hall–Kier alpha value is -2.92. The van der Waals surface area contributed by atoms with Crippen LogP contribution in [-0.4, -0.2) is 52.8 Å². The standard InChI is InChI=1S/C31H42N2O3/c1-5-8-19-32(20-9-6-2)21-10-22-33-28(25-17-13-24(7-3)14-18-25)27(30(35)31(33)36)29(34)26-15-11-23(4)12-16-26/h11-18,28,34H,5-10,19-22H2,1-4H3. The largest absolute Gasteiger partial charge is 0.507 e. The van der Waals surface area contributed by atoms with Crippen LogP contribution in [0.3, 0.4) is 0 Å². The summed E-state index contributed by atoms with van der Waals surface area (Å²) in [6.07, 6.45) is 6.33. The molecule has 5 nitrogen and oxygen atoms in total. The molecular formula is C31H42N2O3. The summed E-state index contributed by atoms with van der Waals surface area (Å²) in [6, 6.07) is 14.9. The summed E-state index contributed by atoms with van der Waals surface area (Å²) in [5, 5.41) is 11.2. The van der Waals surface area contributed by atoms with Gasteiger partial charge in [-0.1, -0.05) is 87.7 Å². The van der Waals surface area contributed by atoms with E-state index in [1.807, 2.05) is 43.3 Å². The Labute approximate surface area is 216 Å². The molecule has 0 aromatic heterocycles. The van der Waals surface area contributed by atoms with E-state index >= 15 is 0 Å². The van der Waals surface area contributed by atoms with Crippen molar-refractivity contribution in [2.24, 2.45) is 0 Å². The lowest BCUT2D eigenvalue weighted by Crippen LogP contribution is -2.34. The van der Waals surface area contributed by atoms with E-state index < -0.39 is 17.7 Å². The van der Waals surface area contributed by atoms with Gasteiger partial charge in [-0.25, -0.2) is 0 Å². The van der Waals surface area contributed by atoms with Crippen LogP contribution in [0.15, 0.2) is 54.1 Å². The van der Waals surface area contributed by atoms with Gasteiger partial charge < -0.3 is 14.9 Å². The molecule has 2 aromatic carbocycles. The molecule has 0 saturated carbocycles. The number of likely N-dealkylation sites (tertiary alicyclic amines) is 1. The first kappa shape index (κ1) is 27.7. The maximum atomic E-state index is 13.3. The summed E-state index contributed by atoms with van der Waals surface area (Å²) >= 11 is 0. The van der Waals surface area contributed by atoms with Crippen molar-refractivity contribution in [1.82, 2.24) is 9.80 Å². The number of aryl methyl sites for hydroxylation is 2. The number of amides is 1. The zero-order chi connectivity index (χ0) is 26.1. The van der Waals surface area contributed by atoms with Crippen molar-refractivity contribution in [3.8, 4) is 0 Å². The van der Waals surface area contributed by atoms with Crippen LogP contribution >= 0.6 is 0 Å². The molecule has 5 heteroatoms. The number of aliphatic hydroxyl groups excluding tert-OH is 1. The number of benzene rings is 2. The quantitative estimate of drug-likeness (QED) is 0.204. The third-order valence-electron chi connectivity index (χ3n) is 7.10. The first-order valence-electron chi connectivity index (χ1n) is 13.6. The number of carbonyl (C=O) groups is 2. The Balaban J connectivity index is 1.91. The van der Waals surface area contributed by atoms with Crippen LogP contribution in [0.4, 0.5) is 0 Å². The highest BCUT2D eigenvalue weighted by molar-refractivity contribution is 6.46. The summed E-state index contributed by atoms with van der Waals surface area (Å²) in [4.78, 5) is 30.7. The summed E-state index contributed by atoms with van der Waals surface area (Å²) in [7, 11) is 0. The average Bonchev–Trinajstić information content (AvgIpc) is 3.15. The molecule has 0 spiro atoms. The van der Waals surface area contributed by atoms with Crippen molar-refractivity contribution >= 4 is 17.4 Å². The maximum Gasteiger partial charge on any atom is 0.295 e. The van der Waals surface area contributed by atoms with Crippen molar-refractivity contribution in [2.75, 3.05) is 26.2 Å². The molecule has 2 aromatic rings. The Morgan fingerprint density at radius 3 is 2.00 bits per heavy atom. The minimum atomic E-state index is -0.605. The van der Waals surface area contributed by atoms with E-state index in [4.69, 9.17) is 0 Å². The van der Waals surface area contributed by atoms with Gasteiger partial charge in [0.25, 0.3) is 11.7 Å². The van der Waals surface area contributed by atoms with E-state index in [1.165, 1.54) is 5.56 Å². The van der Waals surface area contributed by atoms with Gasteiger partial charge in [-0.2, -0.15) is 0 Å². The van der Waals surface area contributed by atoms with Gasteiger partial charge in [0, 0.05) is 12.1 Å². The molecule has 194 valence electrons. The molecule has 0 radical (unpaired) electrons. The molecule has 0 bridgehead atoms. The van der Waals surface area contributed by atoms with E-state index in [1.54, 1.807) is 17.0 Å². The van der Waals surface area contributed by atoms with E-state index in [9.17, 15) is 14.7 Å². The average molecular weight is 491 g/mol. The van der Waals surface area contributed by atoms with Crippen molar-refractivity contribution in [2.45, 2.75) is 72.3 Å². The summed E-state index contributed by atoms with van der Waals surface area (Å²) in [6.45, 7) is 12.0. The molecule has 1 fully saturated rings. The molecule has 1 heterocycles. The van der Waals surface area contributed by atoms with Gasteiger partial charge in [0.05, 0.1) is 11.6 Å². The van der Waals surface area contributed by atoms with E-state index in [0.29, 0.717) is 12.1 Å². The molecule has 1 saturated heterocycles. The van der Waals surface area contributed by atoms with Crippen molar-refractivity contribution in [1.29, 1.82) is 0 Å². The van der Waals surface area contributed by atoms with Crippen molar-refractivity contribution < 1.29 is 14.7 Å². The summed E-state index contributed by atoms with van der Waals surface area (Å²) < 4.78 is 0. The number of hydrogen-bond donors (Lipinski definition) is 1. The molecule has 36 heavy (non-hydrogen) atoms. The number of nitrogens with zero attached hydrogens (tertiary/aromatic N) is 2. The highest BCUT2D eigenvalue weighted by atomic mass is 16.3. The second-order valence-corrected chi connectivity index (χ2v) is 9.86. The van der Waals surface area contributed by atoms with Gasteiger partial charge in [0.15, 0.2) is 0 Å². The van der Waals surface area contributed by atoms with Crippen LogP contribution in [0.25, 0.3) is 5.76 Å². The smallest absolute Gasteiger partial charge is 0.295 e. The monoisotopic (exact) mass is 490 g/mol. The lowest BCUT2D eigenvalue weighted by Gasteiger charge is -2.27. The van der Waals surface area contributed by atoms with Crippen LogP contribution < -0.4 is 0 Å². The molecule has 0 aliphatic carbocycles. The van der Waals surface area contributed by atoms with Gasteiger partial charge >= 0.3 is 0 Å². The number of ketones is 1. The number of unbranched alkanes of at least 4 members (excludes halogenated alkanes) is 2. The van der Waals surface area contributed by atoms with E-state index in [-0.39, 0.29) is 11.3 Å². The lowest BCUT2D eigenvalue weighted by molar-refractivity contribution is -0.140. The normalized spacial score (nSPS) is 17.4. The minimum absolute atomic E-state index is 0.104. The van der Waals surface area contributed by atoms with Crippen LogP contribution in [0, 0.1) is 6.92 Å². The second-order valence-electron chi connectivity index (χ2n) is 9.86. The topological polar surface area (TPSA) is 60.9 Å². The zero-order valence-corrected chi connectivity index (χ0v) is 22.4. The Kier molecular flexibility index (Phi) is 10.3. The van der Waals surface area contributed by atoms with Crippen LogP contribution in [0.1, 0.15) is 81.2 Å². The number of aliphatic hydroxyl groups is 1. The Morgan fingerprint density at radius 2 is 1.44 bits per heavy atom. The third-order valence-corrected chi connectivity index (χ3v) is 7.10. The highest BCUT2D eigenvalue weighted by Gasteiger charge is 2.45. The fourth-order valence-corrected chi connectivity index (χ4v) is 4.82.